The van der Waals surface area contributed by atoms with Gasteiger partial charge in [0.15, 0.2) is 0 Å². The zero-order chi connectivity index (χ0) is 17.2. The second kappa shape index (κ2) is 7.01. The van der Waals surface area contributed by atoms with Gasteiger partial charge in [-0.15, -0.1) is 0 Å². The van der Waals surface area contributed by atoms with Crippen LogP contribution in [0.25, 0.3) is 0 Å². The lowest BCUT2D eigenvalue weighted by Crippen LogP contribution is -2.44. The molecule has 2 aromatic carbocycles. The van der Waals surface area contributed by atoms with Crippen LogP contribution in [0.2, 0.25) is 0 Å². The number of para-hydroxylation sites is 1. The van der Waals surface area contributed by atoms with Gasteiger partial charge in [-0.25, -0.2) is 0 Å². The number of fused-ring (bicyclic) bond motifs is 1. The number of hydrogen-bond acceptors (Lipinski definition) is 2. The van der Waals surface area contributed by atoms with E-state index >= 15 is 0 Å². The normalized spacial score (nSPS) is 21.3. The zero-order valence-corrected chi connectivity index (χ0v) is 14.9. The van der Waals surface area contributed by atoms with Gasteiger partial charge in [0, 0.05) is 24.2 Å². The van der Waals surface area contributed by atoms with E-state index in [4.69, 9.17) is 0 Å². The maximum Gasteiger partial charge on any atom is 0.230 e. The van der Waals surface area contributed by atoms with Crippen molar-refractivity contribution < 1.29 is 4.79 Å². The van der Waals surface area contributed by atoms with Crippen molar-refractivity contribution >= 4 is 11.6 Å². The van der Waals surface area contributed by atoms with E-state index in [1.54, 1.807) is 0 Å². The van der Waals surface area contributed by atoms with Crippen molar-refractivity contribution in [2.45, 2.75) is 38.8 Å². The molecule has 1 saturated heterocycles. The third-order valence-corrected chi connectivity index (χ3v) is 5.63. The predicted molar refractivity (Wildman–Crippen MR) is 102 cm³/mol. The number of carbonyl (C=O) groups is 1. The first kappa shape index (κ1) is 16.3. The van der Waals surface area contributed by atoms with E-state index in [-0.39, 0.29) is 12.0 Å². The molecule has 0 aromatic heterocycles. The number of anilines is 1. The summed E-state index contributed by atoms with van der Waals surface area (Å²) >= 11 is 0. The Kier molecular flexibility index (Phi) is 4.58. The van der Waals surface area contributed by atoms with E-state index < -0.39 is 0 Å². The first-order valence-corrected chi connectivity index (χ1v) is 9.39. The van der Waals surface area contributed by atoms with E-state index in [1.807, 2.05) is 6.07 Å². The Morgan fingerprint density at radius 3 is 2.44 bits per heavy atom. The average molecular weight is 334 g/mol. The van der Waals surface area contributed by atoms with Gasteiger partial charge in [-0.2, -0.15) is 0 Å². The molecule has 0 N–H and O–H groups in total. The van der Waals surface area contributed by atoms with E-state index in [0.717, 1.165) is 44.6 Å². The highest BCUT2D eigenvalue weighted by Gasteiger charge is 2.35. The van der Waals surface area contributed by atoms with Crippen LogP contribution < -0.4 is 4.90 Å². The summed E-state index contributed by atoms with van der Waals surface area (Å²) in [4.78, 5) is 17.7. The zero-order valence-electron chi connectivity index (χ0n) is 14.9. The summed E-state index contributed by atoms with van der Waals surface area (Å²) in [6.07, 6.45) is 2.92. The van der Waals surface area contributed by atoms with Crippen molar-refractivity contribution in [3.63, 3.8) is 0 Å². The minimum absolute atomic E-state index is 0.167. The molecule has 25 heavy (non-hydrogen) atoms. The summed E-state index contributed by atoms with van der Waals surface area (Å²) in [5, 5.41) is 0. The number of likely N-dealkylation sites (tertiary alicyclic amines) is 1. The van der Waals surface area contributed by atoms with Gasteiger partial charge in [0.25, 0.3) is 0 Å². The second-order valence-electron chi connectivity index (χ2n) is 7.43. The molecule has 0 aliphatic carbocycles. The lowest BCUT2D eigenvalue weighted by atomic mass is 9.94. The molecule has 2 heterocycles. The van der Waals surface area contributed by atoms with Gasteiger partial charge in [0.2, 0.25) is 5.91 Å². The molecule has 3 nitrogen and oxygen atoms in total. The molecule has 1 atom stereocenters. The Bertz CT molecular complexity index is 735. The predicted octanol–water partition coefficient (Wildman–Crippen LogP) is 3.88. The number of benzene rings is 2. The third kappa shape index (κ3) is 3.34. The van der Waals surface area contributed by atoms with E-state index in [0.29, 0.717) is 5.91 Å². The standard InChI is InChI=1S/C22H26N2O/c1-17-15-20-9-5-6-10-21(20)24(17)22(25)19-11-13-23(14-12-19)16-18-7-3-2-4-8-18/h2-10,17,19H,11-16H2,1H3. The molecule has 130 valence electrons. The topological polar surface area (TPSA) is 23.6 Å². The molecule has 1 amide bonds. The maximum absolute atomic E-state index is 13.1. The van der Waals surface area contributed by atoms with Crippen molar-refractivity contribution in [3.05, 3.63) is 65.7 Å². The summed E-state index contributed by atoms with van der Waals surface area (Å²) in [5.74, 6) is 0.498. The van der Waals surface area contributed by atoms with Crippen LogP contribution in [-0.4, -0.2) is 29.9 Å². The molecular formula is C22H26N2O. The molecule has 0 spiro atoms. The van der Waals surface area contributed by atoms with Gasteiger partial charge in [-0.05, 0) is 56.5 Å². The molecule has 3 heteroatoms. The number of rotatable bonds is 3. The quantitative estimate of drug-likeness (QED) is 0.850. The van der Waals surface area contributed by atoms with Crippen LogP contribution in [0.5, 0.6) is 0 Å². The highest BCUT2D eigenvalue weighted by Crippen LogP contribution is 2.34. The summed E-state index contributed by atoms with van der Waals surface area (Å²) in [6, 6.07) is 19.3. The van der Waals surface area contributed by atoms with Crippen LogP contribution in [-0.2, 0) is 17.8 Å². The fourth-order valence-electron chi connectivity index (χ4n) is 4.28. The van der Waals surface area contributed by atoms with E-state index in [1.165, 1.54) is 11.1 Å². The Labute approximate surface area is 150 Å². The Hall–Kier alpha value is -2.13. The molecule has 0 saturated carbocycles. The third-order valence-electron chi connectivity index (χ3n) is 5.63. The summed E-state index contributed by atoms with van der Waals surface area (Å²) in [5.41, 5.74) is 3.80. The van der Waals surface area contributed by atoms with Crippen LogP contribution in [0.15, 0.2) is 54.6 Å². The Balaban J connectivity index is 1.39. The van der Waals surface area contributed by atoms with Crippen LogP contribution in [0.1, 0.15) is 30.9 Å². The Morgan fingerprint density at radius 1 is 1.00 bits per heavy atom. The lowest BCUT2D eigenvalue weighted by molar-refractivity contribution is -0.124. The number of nitrogens with zero attached hydrogens (tertiary/aromatic N) is 2. The molecule has 0 bridgehead atoms. The Morgan fingerprint density at radius 2 is 1.68 bits per heavy atom. The number of amides is 1. The number of piperidine rings is 1. The number of hydrogen-bond donors (Lipinski definition) is 0. The number of carbonyl (C=O) groups excluding carboxylic acids is 1. The summed E-state index contributed by atoms with van der Waals surface area (Å²) in [6.45, 7) is 5.18. The first-order valence-electron chi connectivity index (χ1n) is 9.39. The smallest absolute Gasteiger partial charge is 0.230 e. The van der Waals surface area contributed by atoms with Crippen LogP contribution >= 0.6 is 0 Å². The fourth-order valence-corrected chi connectivity index (χ4v) is 4.28. The fraction of sp³-hybridized carbons (Fsp3) is 0.409. The van der Waals surface area contributed by atoms with Crippen molar-refractivity contribution in [2.75, 3.05) is 18.0 Å². The van der Waals surface area contributed by atoms with Crippen LogP contribution in [0.3, 0.4) is 0 Å². The average Bonchev–Trinajstić information content (AvgIpc) is 2.98. The lowest BCUT2D eigenvalue weighted by Gasteiger charge is -2.34. The van der Waals surface area contributed by atoms with Crippen molar-refractivity contribution in [2.24, 2.45) is 5.92 Å². The van der Waals surface area contributed by atoms with Gasteiger partial charge >= 0.3 is 0 Å². The van der Waals surface area contributed by atoms with E-state index in [2.05, 4.69) is 65.3 Å². The van der Waals surface area contributed by atoms with Gasteiger partial charge in [0.1, 0.15) is 0 Å². The molecular weight excluding hydrogens is 308 g/mol. The summed E-state index contributed by atoms with van der Waals surface area (Å²) < 4.78 is 0. The second-order valence-corrected chi connectivity index (χ2v) is 7.43. The maximum atomic E-state index is 13.1. The SMILES string of the molecule is CC1Cc2ccccc2N1C(=O)C1CCN(Cc2ccccc2)CC1. The molecule has 2 aliphatic heterocycles. The minimum Gasteiger partial charge on any atom is -0.309 e. The van der Waals surface area contributed by atoms with Crippen molar-refractivity contribution in [1.29, 1.82) is 0 Å². The van der Waals surface area contributed by atoms with Gasteiger partial charge in [-0.3, -0.25) is 9.69 Å². The molecule has 4 rings (SSSR count). The highest BCUT2D eigenvalue weighted by molar-refractivity contribution is 5.97. The van der Waals surface area contributed by atoms with Gasteiger partial charge in [0.05, 0.1) is 0 Å². The van der Waals surface area contributed by atoms with Crippen molar-refractivity contribution in [3.8, 4) is 0 Å². The van der Waals surface area contributed by atoms with Crippen LogP contribution in [0.4, 0.5) is 5.69 Å². The largest absolute Gasteiger partial charge is 0.309 e. The van der Waals surface area contributed by atoms with Crippen LogP contribution in [0, 0.1) is 5.92 Å². The molecule has 2 aliphatic rings. The molecule has 2 aromatic rings. The minimum atomic E-state index is 0.167. The summed E-state index contributed by atoms with van der Waals surface area (Å²) in [7, 11) is 0. The highest BCUT2D eigenvalue weighted by atomic mass is 16.2. The molecule has 0 radical (unpaired) electrons. The van der Waals surface area contributed by atoms with Gasteiger partial charge in [-0.1, -0.05) is 48.5 Å². The molecule has 1 unspecified atom stereocenters. The van der Waals surface area contributed by atoms with Gasteiger partial charge < -0.3 is 4.90 Å². The monoisotopic (exact) mass is 334 g/mol. The van der Waals surface area contributed by atoms with Crippen molar-refractivity contribution in [1.82, 2.24) is 4.90 Å². The molecule has 1 fully saturated rings. The first-order chi connectivity index (χ1) is 12.2. The van der Waals surface area contributed by atoms with E-state index in [9.17, 15) is 4.79 Å².